The maximum atomic E-state index is 11.0. The third-order valence-electron chi connectivity index (χ3n) is 7.45. The molecule has 1 N–H and O–H groups in total. The van der Waals surface area contributed by atoms with E-state index in [9.17, 15) is 5.11 Å². The number of hydrogen-bond acceptors (Lipinski definition) is 5. The lowest BCUT2D eigenvalue weighted by Gasteiger charge is -2.38. The molecule has 4 aromatic carbocycles. The molecule has 0 fully saturated rings. The van der Waals surface area contributed by atoms with Crippen molar-refractivity contribution in [3.8, 4) is 22.6 Å². The van der Waals surface area contributed by atoms with Crippen molar-refractivity contribution in [2.75, 3.05) is 26.3 Å². The first-order valence-electron chi connectivity index (χ1n) is 13.5. The molecule has 0 amide bonds. The van der Waals surface area contributed by atoms with Crippen LogP contribution in [0.25, 0.3) is 22.2 Å². The van der Waals surface area contributed by atoms with Crippen molar-refractivity contribution in [1.29, 1.82) is 0 Å². The number of imidazole rings is 1. The van der Waals surface area contributed by atoms with Crippen LogP contribution in [0.1, 0.15) is 17.2 Å². The number of aryl methyl sites for hydroxylation is 1. The highest BCUT2D eigenvalue weighted by molar-refractivity contribution is 5.82. The minimum atomic E-state index is -0.635. The summed E-state index contributed by atoms with van der Waals surface area (Å²) in [5.41, 5.74) is 6.85. The summed E-state index contributed by atoms with van der Waals surface area (Å²) in [6, 6.07) is 32.8. The van der Waals surface area contributed by atoms with E-state index in [0.29, 0.717) is 13.2 Å². The Bertz CT molecular complexity index is 1550. The number of fused-ring (bicyclic) bond motifs is 2. The molecule has 1 aromatic heterocycles. The van der Waals surface area contributed by atoms with Gasteiger partial charge in [-0.3, -0.25) is 4.90 Å². The predicted octanol–water partition coefficient (Wildman–Crippen LogP) is 5.66. The van der Waals surface area contributed by atoms with Crippen LogP contribution in [0.5, 0.6) is 11.5 Å². The van der Waals surface area contributed by atoms with Crippen LogP contribution < -0.4 is 9.47 Å². The fourth-order valence-electron chi connectivity index (χ4n) is 5.40. The molecule has 5 aromatic rings. The lowest BCUT2D eigenvalue weighted by atomic mass is 9.92. The maximum Gasteiger partial charge on any atom is 0.120 e. The Morgan fingerprint density at radius 1 is 0.872 bits per heavy atom. The summed E-state index contributed by atoms with van der Waals surface area (Å²) >= 11 is 0. The Hall–Kier alpha value is -4.13. The van der Waals surface area contributed by atoms with Gasteiger partial charge in [0.05, 0.1) is 23.4 Å². The molecule has 39 heavy (non-hydrogen) atoms. The molecule has 198 valence electrons. The fourth-order valence-corrected chi connectivity index (χ4v) is 5.40. The van der Waals surface area contributed by atoms with E-state index in [4.69, 9.17) is 9.47 Å². The zero-order valence-corrected chi connectivity index (χ0v) is 22.1. The van der Waals surface area contributed by atoms with E-state index >= 15 is 0 Å². The SMILES string of the molecule is Cn1cnc2ccc(-c3cccc(OCC(O)CN4CCc5ccccc5C4COc4ccccc4)c3)cc21. The average molecular weight is 520 g/mol. The largest absolute Gasteiger partial charge is 0.492 e. The summed E-state index contributed by atoms with van der Waals surface area (Å²) < 4.78 is 14.3. The number of benzene rings is 4. The van der Waals surface area contributed by atoms with E-state index < -0.39 is 6.10 Å². The zero-order chi connectivity index (χ0) is 26.6. The monoisotopic (exact) mass is 519 g/mol. The second-order valence-electron chi connectivity index (χ2n) is 10.1. The summed E-state index contributed by atoms with van der Waals surface area (Å²) in [5.74, 6) is 1.59. The van der Waals surface area contributed by atoms with Crippen molar-refractivity contribution in [2.45, 2.75) is 18.6 Å². The molecule has 1 aliphatic heterocycles. The number of hydrogen-bond donors (Lipinski definition) is 1. The number of aromatic nitrogens is 2. The van der Waals surface area contributed by atoms with Crippen LogP contribution in [-0.4, -0.2) is 52.0 Å². The quantitative estimate of drug-likeness (QED) is 0.272. The van der Waals surface area contributed by atoms with Crippen LogP contribution in [0, 0.1) is 0 Å². The van der Waals surface area contributed by atoms with Crippen LogP contribution in [0.2, 0.25) is 0 Å². The highest BCUT2D eigenvalue weighted by Gasteiger charge is 2.29. The van der Waals surface area contributed by atoms with E-state index in [1.54, 1.807) is 0 Å². The second-order valence-corrected chi connectivity index (χ2v) is 10.1. The number of aliphatic hydroxyl groups excluding tert-OH is 1. The Morgan fingerprint density at radius 3 is 2.56 bits per heavy atom. The summed E-state index contributed by atoms with van der Waals surface area (Å²) in [6.45, 7) is 2.11. The van der Waals surface area contributed by atoms with Crippen molar-refractivity contribution in [2.24, 2.45) is 7.05 Å². The summed E-state index contributed by atoms with van der Waals surface area (Å²) in [4.78, 5) is 6.73. The molecule has 2 unspecified atom stereocenters. The van der Waals surface area contributed by atoms with Crippen molar-refractivity contribution in [3.05, 3.63) is 115 Å². The van der Waals surface area contributed by atoms with E-state index in [1.807, 2.05) is 72.5 Å². The molecule has 6 rings (SSSR count). The molecular formula is C33H33N3O3. The molecule has 2 heterocycles. The first-order chi connectivity index (χ1) is 19.1. The standard InChI is InChI=1S/C33H33N3O3/c1-35-23-34-31-15-14-26(19-32(31)35)25-9-7-12-29(18-25)38-21-27(37)20-36-17-16-24-8-5-6-13-30(24)33(36)22-39-28-10-3-2-4-11-28/h2-15,18-19,23,27,33,37H,16-17,20-22H2,1H3. The Balaban J connectivity index is 1.12. The van der Waals surface area contributed by atoms with E-state index in [-0.39, 0.29) is 12.6 Å². The van der Waals surface area contributed by atoms with Gasteiger partial charge in [-0.05, 0) is 65.1 Å². The highest BCUT2D eigenvalue weighted by Crippen LogP contribution is 2.31. The second kappa shape index (κ2) is 11.3. The number of para-hydroxylation sites is 1. The minimum Gasteiger partial charge on any atom is -0.492 e. The predicted molar refractivity (Wildman–Crippen MR) is 154 cm³/mol. The molecule has 0 radical (unpaired) electrons. The Kier molecular flexibility index (Phi) is 7.30. The fraction of sp³-hybridized carbons (Fsp3) is 0.242. The molecule has 0 saturated carbocycles. The Labute approximate surface area is 229 Å². The van der Waals surface area contributed by atoms with E-state index in [0.717, 1.165) is 46.6 Å². The van der Waals surface area contributed by atoms with Gasteiger partial charge in [-0.25, -0.2) is 4.98 Å². The molecule has 1 aliphatic rings. The number of aliphatic hydroxyl groups is 1. The van der Waals surface area contributed by atoms with E-state index in [2.05, 4.69) is 52.3 Å². The third-order valence-corrected chi connectivity index (χ3v) is 7.45. The van der Waals surface area contributed by atoms with Crippen LogP contribution >= 0.6 is 0 Å². The van der Waals surface area contributed by atoms with Gasteiger partial charge in [-0.2, -0.15) is 0 Å². The van der Waals surface area contributed by atoms with Gasteiger partial charge < -0.3 is 19.1 Å². The van der Waals surface area contributed by atoms with Crippen LogP contribution in [0.15, 0.2) is 103 Å². The number of β-amino-alcohol motifs (C(OH)–C–C–N with tert-alkyl or cyclic N) is 1. The summed E-state index contributed by atoms with van der Waals surface area (Å²) in [5, 5.41) is 11.0. The zero-order valence-electron chi connectivity index (χ0n) is 22.1. The molecule has 0 saturated heterocycles. The van der Waals surface area contributed by atoms with Crippen molar-refractivity contribution in [3.63, 3.8) is 0 Å². The third kappa shape index (κ3) is 5.67. The van der Waals surface area contributed by atoms with Gasteiger partial charge in [0.15, 0.2) is 0 Å². The highest BCUT2D eigenvalue weighted by atomic mass is 16.5. The summed E-state index contributed by atoms with van der Waals surface area (Å²) in [7, 11) is 2.00. The van der Waals surface area contributed by atoms with Crippen LogP contribution in [0.3, 0.4) is 0 Å². The van der Waals surface area contributed by atoms with Crippen LogP contribution in [0.4, 0.5) is 0 Å². The van der Waals surface area contributed by atoms with Gasteiger partial charge in [-0.15, -0.1) is 0 Å². The van der Waals surface area contributed by atoms with E-state index in [1.165, 1.54) is 11.1 Å². The first kappa shape index (κ1) is 25.2. The number of nitrogens with zero attached hydrogens (tertiary/aromatic N) is 3. The van der Waals surface area contributed by atoms with Gasteiger partial charge in [0, 0.05) is 20.1 Å². The Morgan fingerprint density at radius 2 is 1.67 bits per heavy atom. The first-order valence-corrected chi connectivity index (χ1v) is 13.5. The van der Waals surface area contributed by atoms with Gasteiger partial charge in [0.2, 0.25) is 0 Å². The van der Waals surface area contributed by atoms with Crippen LogP contribution in [-0.2, 0) is 13.5 Å². The van der Waals surface area contributed by atoms with Gasteiger partial charge in [0.25, 0.3) is 0 Å². The van der Waals surface area contributed by atoms with Gasteiger partial charge in [0.1, 0.15) is 30.8 Å². The normalized spacial score (nSPS) is 16.1. The molecule has 0 spiro atoms. The van der Waals surface area contributed by atoms with Crippen molar-refractivity contribution < 1.29 is 14.6 Å². The number of rotatable bonds is 9. The molecule has 0 bridgehead atoms. The number of ether oxygens (including phenoxy) is 2. The van der Waals surface area contributed by atoms with Crippen molar-refractivity contribution in [1.82, 2.24) is 14.5 Å². The molecule has 6 nitrogen and oxygen atoms in total. The smallest absolute Gasteiger partial charge is 0.120 e. The lowest BCUT2D eigenvalue weighted by molar-refractivity contribution is 0.0366. The average Bonchev–Trinajstić information content (AvgIpc) is 3.36. The maximum absolute atomic E-state index is 11.0. The summed E-state index contributed by atoms with van der Waals surface area (Å²) in [6.07, 6.45) is 2.15. The van der Waals surface area contributed by atoms with Crippen molar-refractivity contribution >= 4 is 11.0 Å². The lowest BCUT2D eigenvalue weighted by Crippen LogP contribution is -2.44. The molecular weight excluding hydrogens is 486 g/mol. The van der Waals surface area contributed by atoms with Gasteiger partial charge in [-0.1, -0.05) is 60.7 Å². The minimum absolute atomic E-state index is 0.0649. The molecule has 0 aliphatic carbocycles. The molecule has 2 atom stereocenters. The molecule has 6 heteroatoms. The topological polar surface area (TPSA) is 59.8 Å². The van der Waals surface area contributed by atoms with Gasteiger partial charge >= 0.3 is 0 Å².